The first-order valence-electron chi connectivity index (χ1n) is 6.36. The number of halogens is 1. The third kappa shape index (κ3) is 2.36. The summed E-state index contributed by atoms with van der Waals surface area (Å²) in [7, 11) is 0. The van der Waals surface area contributed by atoms with E-state index in [0.717, 1.165) is 22.7 Å². The molecule has 1 saturated carbocycles. The molecule has 2 unspecified atom stereocenters. The zero-order chi connectivity index (χ0) is 12.0. The Labute approximate surface area is 111 Å². The van der Waals surface area contributed by atoms with Gasteiger partial charge in [0.25, 0.3) is 0 Å². The van der Waals surface area contributed by atoms with Gasteiger partial charge in [-0.3, -0.25) is 0 Å². The minimum Gasteiger partial charge on any atom is -0.489 e. The number of hydrogen-bond acceptors (Lipinski definition) is 2. The minimum absolute atomic E-state index is 0.290. The fraction of sp³-hybridized carbons (Fsp3) is 0.571. The second-order valence-corrected chi connectivity index (χ2v) is 6.18. The smallest absolute Gasteiger partial charge is 0.138 e. The maximum Gasteiger partial charge on any atom is 0.138 e. The van der Waals surface area contributed by atoms with Crippen molar-refractivity contribution >= 4 is 15.9 Å². The second kappa shape index (κ2) is 4.29. The number of hydrogen-bond donors (Lipinski definition) is 1. The van der Waals surface area contributed by atoms with Crippen LogP contribution in [0.4, 0.5) is 0 Å². The Balaban J connectivity index is 1.97. The Kier molecular flexibility index (Phi) is 2.91. The van der Waals surface area contributed by atoms with Crippen LogP contribution in [0.15, 0.2) is 16.6 Å². The van der Waals surface area contributed by atoms with Crippen LogP contribution in [0.5, 0.6) is 5.75 Å². The molecule has 2 aliphatic rings. The molecule has 3 heteroatoms. The molecule has 1 aliphatic heterocycles. The van der Waals surface area contributed by atoms with E-state index in [-0.39, 0.29) is 6.10 Å². The molecule has 0 bridgehead atoms. The van der Waals surface area contributed by atoms with Crippen LogP contribution in [-0.2, 0) is 0 Å². The number of rotatable bonds is 2. The van der Waals surface area contributed by atoms with Gasteiger partial charge in [-0.25, -0.2) is 0 Å². The topological polar surface area (TPSA) is 21.3 Å². The predicted octanol–water partition coefficient (Wildman–Crippen LogP) is 3.72. The van der Waals surface area contributed by atoms with Gasteiger partial charge >= 0.3 is 0 Å². The molecule has 1 aromatic carbocycles. The van der Waals surface area contributed by atoms with E-state index in [0.29, 0.717) is 6.04 Å². The maximum absolute atomic E-state index is 5.96. The van der Waals surface area contributed by atoms with Crippen molar-refractivity contribution < 1.29 is 4.74 Å². The quantitative estimate of drug-likeness (QED) is 0.898. The van der Waals surface area contributed by atoms with E-state index in [9.17, 15) is 0 Å². The van der Waals surface area contributed by atoms with Gasteiger partial charge in [0.15, 0.2) is 0 Å². The first-order valence-corrected chi connectivity index (χ1v) is 7.15. The van der Waals surface area contributed by atoms with Gasteiger partial charge in [-0.05, 0) is 54.2 Å². The van der Waals surface area contributed by atoms with Crippen molar-refractivity contribution in [3.05, 3.63) is 27.7 Å². The predicted molar refractivity (Wildman–Crippen MR) is 72.5 cm³/mol. The number of fused-ring (bicyclic) bond motifs is 1. The molecule has 17 heavy (non-hydrogen) atoms. The largest absolute Gasteiger partial charge is 0.489 e. The van der Waals surface area contributed by atoms with Gasteiger partial charge in [0.05, 0.1) is 10.6 Å². The molecule has 0 saturated heterocycles. The summed E-state index contributed by atoms with van der Waals surface area (Å²) in [5.74, 6) is 1.03. The highest BCUT2D eigenvalue weighted by Gasteiger charge is 2.32. The van der Waals surface area contributed by atoms with E-state index in [4.69, 9.17) is 4.74 Å². The lowest BCUT2D eigenvalue weighted by molar-refractivity contribution is 0.164. The normalized spacial score (nSPS) is 27.5. The molecule has 1 heterocycles. The van der Waals surface area contributed by atoms with Crippen molar-refractivity contribution in [2.45, 2.75) is 51.3 Å². The van der Waals surface area contributed by atoms with Crippen LogP contribution < -0.4 is 10.1 Å². The third-order valence-corrected chi connectivity index (χ3v) is 4.08. The van der Waals surface area contributed by atoms with Crippen LogP contribution in [0.25, 0.3) is 0 Å². The van der Waals surface area contributed by atoms with Gasteiger partial charge in [0, 0.05) is 24.1 Å². The third-order valence-electron chi connectivity index (χ3n) is 3.49. The first kappa shape index (κ1) is 11.5. The molecule has 0 spiro atoms. The van der Waals surface area contributed by atoms with Gasteiger partial charge in [-0.2, -0.15) is 0 Å². The number of ether oxygens (including phenoxy) is 1. The van der Waals surface area contributed by atoms with E-state index < -0.39 is 0 Å². The summed E-state index contributed by atoms with van der Waals surface area (Å²) < 4.78 is 7.05. The molecule has 1 N–H and O–H groups in total. The Morgan fingerprint density at radius 2 is 2.12 bits per heavy atom. The molecule has 3 rings (SSSR count). The fourth-order valence-corrected chi connectivity index (χ4v) is 3.22. The lowest BCUT2D eigenvalue weighted by Gasteiger charge is -2.32. The summed E-state index contributed by atoms with van der Waals surface area (Å²) in [4.78, 5) is 0. The summed E-state index contributed by atoms with van der Waals surface area (Å²) in [5.41, 5.74) is 2.61. The Morgan fingerprint density at radius 1 is 1.35 bits per heavy atom. The standard InChI is InChI=1S/C14H18BrNO/c1-8-5-11-13(16-10-3-4-10)7-9(2)17-14(11)12(15)6-8/h5-6,9-10,13,16H,3-4,7H2,1-2H3. The van der Waals surface area contributed by atoms with Gasteiger partial charge in [-0.15, -0.1) is 0 Å². The van der Waals surface area contributed by atoms with Crippen molar-refractivity contribution in [2.75, 3.05) is 0 Å². The summed E-state index contributed by atoms with van der Waals surface area (Å²) >= 11 is 3.62. The van der Waals surface area contributed by atoms with E-state index in [2.05, 4.69) is 47.2 Å². The SMILES string of the molecule is Cc1cc(Br)c2c(c1)C(NC1CC1)CC(C)O2. The van der Waals surface area contributed by atoms with E-state index in [1.807, 2.05) is 0 Å². The number of nitrogens with one attached hydrogen (secondary N) is 1. The molecule has 1 aliphatic carbocycles. The summed E-state index contributed by atoms with van der Waals surface area (Å²) in [6, 6.07) is 5.58. The Morgan fingerprint density at radius 3 is 2.82 bits per heavy atom. The average molecular weight is 296 g/mol. The highest BCUT2D eigenvalue weighted by molar-refractivity contribution is 9.10. The van der Waals surface area contributed by atoms with Crippen LogP contribution in [0, 0.1) is 6.92 Å². The summed E-state index contributed by atoms with van der Waals surface area (Å²) in [6.07, 6.45) is 4.01. The molecular formula is C14H18BrNO. The molecule has 2 nitrogen and oxygen atoms in total. The Bertz CT molecular complexity index is 442. The molecule has 92 valence electrons. The lowest BCUT2D eigenvalue weighted by Crippen LogP contribution is -2.32. The van der Waals surface area contributed by atoms with Crippen molar-refractivity contribution in [3.8, 4) is 5.75 Å². The maximum atomic E-state index is 5.96. The molecule has 0 aromatic heterocycles. The second-order valence-electron chi connectivity index (χ2n) is 5.32. The molecule has 1 aromatic rings. The van der Waals surface area contributed by atoms with E-state index in [1.165, 1.54) is 24.0 Å². The minimum atomic E-state index is 0.290. The highest BCUT2D eigenvalue weighted by Crippen LogP contribution is 2.41. The van der Waals surface area contributed by atoms with Crippen LogP contribution in [0.1, 0.15) is 43.4 Å². The van der Waals surface area contributed by atoms with Gasteiger partial charge in [-0.1, -0.05) is 6.07 Å². The van der Waals surface area contributed by atoms with Crippen molar-refractivity contribution in [1.82, 2.24) is 5.32 Å². The van der Waals surface area contributed by atoms with Crippen molar-refractivity contribution in [1.29, 1.82) is 0 Å². The average Bonchev–Trinajstić information content (AvgIpc) is 3.04. The molecule has 0 radical (unpaired) electrons. The van der Waals surface area contributed by atoms with Crippen LogP contribution >= 0.6 is 15.9 Å². The van der Waals surface area contributed by atoms with E-state index >= 15 is 0 Å². The molecule has 1 fully saturated rings. The first-order chi connectivity index (χ1) is 8.13. The lowest BCUT2D eigenvalue weighted by atomic mass is 9.95. The monoisotopic (exact) mass is 295 g/mol. The highest BCUT2D eigenvalue weighted by atomic mass is 79.9. The zero-order valence-electron chi connectivity index (χ0n) is 10.3. The van der Waals surface area contributed by atoms with Gasteiger partial charge in [0.1, 0.15) is 5.75 Å². The molecule has 0 amide bonds. The molecule has 2 atom stereocenters. The summed E-state index contributed by atoms with van der Waals surface area (Å²) in [5, 5.41) is 3.73. The van der Waals surface area contributed by atoms with Crippen molar-refractivity contribution in [3.63, 3.8) is 0 Å². The Hall–Kier alpha value is -0.540. The molecular weight excluding hydrogens is 278 g/mol. The summed E-state index contributed by atoms with van der Waals surface area (Å²) in [6.45, 7) is 4.29. The van der Waals surface area contributed by atoms with E-state index in [1.54, 1.807) is 0 Å². The van der Waals surface area contributed by atoms with Crippen LogP contribution in [-0.4, -0.2) is 12.1 Å². The van der Waals surface area contributed by atoms with Crippen LogP contribution in [0.3, 0.4) is 0 Å². The van der Waals surface area contributed by atoms with Crippen molar-refractivity contribution in [2.24, 2.45) is 0 Å². The number of aryl methyl sites for hydroxylation is 1. The zero-order valence-corrected chi connectivity index (χ0v) is 11.9. The number of benzene rings is 1. The van der Waals surface area contributed by atoms with Gasteiger partial charge in [0.2, 0.25) is 0 Å². The van der Waals surface area contributed by atoms with Crippen LogP contribution in [0.2, 0.25) is 0 Å². The fourth-order valence-electron chi connectivity index (χ4n) is 2.54. The van der Waals surface area contributed by atoms with Gasteiger partial charge < -0.3 is 10.1 Å².